The first-order valence-corrected chi connectivity index (χ1v) is 10.3. The Kier molecular flexibility index (Phi) is 6.08. The monoisotopic (exact) mass is 448 g/mol. The quantitative estimate of drug-likeness (QED) is 0.519. The number of carbonyl (C=O) groups is 3. The van der Waals surface area contributed by atoms with Crippen LogP contribution in [-0.4, -0.2) is 35.7 Å². The molecule has 0 heterocycles. The van der Waals surface area contributed by atoms with Crippen LogP contribution in [0.3, 0.4) is 0 Å². The lowest BCUT2D eigenvalue weighted by atomic mass is 9.98. The molecule has 1 aliphatic rings. The molecule has 4 rings (SSSR count). The fourth-order valence-electron chi connectivity index (χ4n) is 3.87. The zero-order valence-electron chi connectivity index (χ0n) is 17.7. The molecular formula is C25H21FN2O5. The van der Waals surface area contributed by atoms with E-state index in [1.807, 2.05) is 48.5 Å². The van der Waals surface area contributed by atoms with Crippen LogP contribution in [0.1, 0.15) is 34.3 Å². The number of hydrogen-bond donors (Lipinski definition) is 3. The van der Waals surface area contributed by atoms with E-state index in [9.17, 15) is 18.8 Å². The van der Waals surface area contributed by atoms with Gasteiger partial charge in [0.25, 0.3) is 5.91 Å². The highest BCUT2D eigenvalue weighted by Crippen LogP contribution is 2.44. The summed E-state index contributed by atoms with van der Waals surface area (Å²) in [6, 6.07) is 18.1. The van der Waals surface area contributed by atoms with Gasteiger partial charge in [-0.3, -0.25) is 14.9 Å². The minimum atomic E-state index is -1.25. The summed E-state index contributed by atoms with van der Waals surface area (Å²) < 4.78 is 19.5. The first kappa shape index (κ1) is 22.0. The van der Waals surface area contributed by atoms with Crippen molar-refractivity contribution in [2.75, 3.05) is 11.9 Å². The summed E-state index contributed by atoms with van der Waals surface area (Å²) in [6.45, 7) is 1.36. The highest BCUT2D eigenvalue weighted by atomic mass is 19.1. The number of fused-ring (bicyclic) bond motifs is 3. The van der Waals surface area contributed by atoms with Crippen molar-refractivity contribution < 1.29 is 28.6 Å². The third kappa shape index (κ3) is 4.55. The maximum absolute atomic E-state index is 14.1. The second-order valence-electron chi connectivity index (χ2n) is 7.68. The zero-order chi connectivity index (χ0) is 23.5. The van der Waals surface area contributed by atoms with E-state index in [2.05, 4.69) is 10.6 Å². The van der Waals surface area contributed by atoms with Gasteiger partial charge < -0.3 is 15.2 Å². The van der Waals surface area contributed by atoms with Gasteiger partial charge in [-0.25, -0.2) is 9.18 Å². The molecule has 0 saturated carbocycles. The Hall–Kier alpha value is -4.20. The molecule has 0 saturated heterocycles. The number of anilines is 1. The Morgan fingerprint density at radius 2 is 1.61 bits per heavy atom. The standard InChI is InChI=1S/C25H21FN2O5/c1-14(24(30)31)27-23(29)20-12-15(10-11-22(20)26)28-25(32)33-13-21-18-8-4-2-6-16(18)17-7-3-5-9-19(17)21/h2-12,14,21H,13H2,1H3,(H,27,29)(H,28,32)(H,30,31)/t14-/m0/s1. The van der Waals surface area contributed by atoms with Gasteiger partial charge in [-0.05, 0) is 47.4 Å². The van der Waals surface area contributed by atoms with E-state index >= 15 is 0 Å². The van der Waals surface area contributed by atoms with E-state index in [-0.39, 0.29) is 23.8 Å². The predicted octanol–water partition coefficient (Wildman–Crippen LogP) is 4.39. The van der Waals surface area contributed by atoms with E-state index in [0.717, 1.165) is 34.4 Å². The van der Waals surface area contributed by atoms with E-state index in [1.54, 1.807) is 0 Å². The second kappa shape index (κ2) is 9.12. The number of nitrogens with one attached hydrogen (secondary N) is 2. The normalized spacial score (nSPS) is 12.9. The van der Waals surface area contributed by atoms with Crippen molar-refractivity contribution in [2.45, 2.75) is 18.9 Å². The molecule has 3 aromatic carbocycles. The lowest BCUT2D eigenvalue weighted by Crippen LogP contribution is -2.38. The number of benzene rings is 3. The van der Waals surface area contributed by atoms with Crippen LogP contribution >= 0.6 is 0 Å². The first-order valence-electron chi connectivity index (χ1n) is 10.3. The van der Waals surface area contributed by atoms with Crippen LogP contribution in [-0.2, 0) is 9.53 Å². The van der Waals surface area contributed by atoms with Gasteiger partial charge >= 0.3 is 12.1 Å². The molecule has 168 valence electrons. The Labute approximate surface area is 189 Å². The minimum absolute atomic E-state index is 0.102. The molecule has 3 N–H and O–H groups in total. The maximum Gasteiger partial charge on any atom is 0.411 e. The van der Waals surface area contributed by atoms with Crippen molar-refractivity contribution in [3.05, 3.63) is 89.2 Å². The Bertz CT molecular complexity index is 1200. The SMILES string of the molecule is C[C@H](NC(=O)c1cc(NC(=O)OCC2c3ccccc3-c3ccccc32)ccc1F)C(=O)O. The maximum atomic E-state index is 14.1. The zero-order valence-corrected chi connectivity index (χ0v) is 17.7. The van der Waals surface area contributed by atoms with Crippen LogP contribution in [0.2, 0.25) is 0 Å². The average Bonchev–Trinajstić information content (AvgIpc) is 3.12. The Morgan fingerprint density at radius 3 is 2.21 bits per heavy atom. The smallest absolute Gasteiger partial charge is 0.411 e. The summed E-state index contributed by atoms with van der Waals surface area (Å²) in [7, 11) is 0. The summed E-state index contributed by atoms with van der Waals surface area (Å²) in [5.41, 5.74) is 4.10. The molecule has 0 bridgehead atoms. The molecule has 0 fully saturated rings. The van der Waals surface area contributed by atoms with E-state index in [0.29, 0.717) is 0 Å². The molecule has 3 aromatic rings. The van der Waals surface area contributed by atoms with Crippen LogP contribution in [0.5, 0.6) is 0 Å². The number of rotatable bonds is 6. The molecule has 0 spiro atoms. The fourth-order valence-corrected chi connectivity index (χ4v) is 3.87. The number of halogens is 1. The topological polar surface area (TPSA) is 105 Å². The first-order chi connectivity index (χ1) is 15.8. The summed E-state index contributed by atoms with van der Waals surface area (Å²) in [6.07, 6.45) is -0.756. The predicted molar refractivity (Wildman–Crippen MR) is 120 cm³/mol. The number of carboxylic acids is 1. The summed E-state index contributed by atoms with van der Waals surface area (Å²) >= 11 is 0. The molecule has 0 unspecified atom stereocenters. The van der Waals surface area contributed by atoms with Crippen LogP contribution in [0.15, 0.2) is 66.7 Å². The number of amides is 2. The molecule has 1 aliphatic carbocycles. The molecule has 0 radical (unpaired) electrons. The van der Waals surface area contributed by atoms with Crippen molar-refractivity contribution in [3.8, 4) is 11.1 Å². The lowest BCUT2D eigenvalue weighted by molar-refractivity contribution is -0.138. The van der Waals surface area contributed by atoms with Crippen LogP contribution < -0.4 is 10.6 Å². The van der Waals surface area contributed by atoms with Crippen LogP contribution in [0.25, 0.3) is 11.1 Å². The average molecular weight is 448 g/mol. The van der Waals surface area contributed by atoms with Crippen molar-refractivity contribution in [3.63, 3.8) is 0 Å². The van der Waals surface area contributed by atoms with Gasteiger partial charge in [-0.15, -0.1) is 0 Å². The van der Waals surface area contributed by atoms with Crippen LogP contribution in [0.4, 0.5) is 14.9 Å². The van der Waals surface area contributed by atoms with Crippen molar-refractivity contribution in [2.24, 2.45) is 0 Å². The fraction of sp³-hybridized carbons (Fsp3) is 0.160. The largest absolute Gasteiger partial charge is 0.480 e. The van der Waals surface area contributed by atoms with Gasteiger partial charge in [-0.1, -0.05) is 48.5 Å². The van der Waals surface area contributed by atoms with Gasteiger partial charge in [0.2, 0.25) is 0 Å². The van der Waals surface area contributed by atoms with Crippen LogP contribution in [0, 0.1) is 5.82 Å². The Morgan fingerprint density at radius 1 is 1.00 bits per heavy atom. The number of hydrogen-bond acceptors (Lipinski definition) is 4. The third-order valence-electron chi connectivity index (χ3n) is 5.52. The lowest BCUT2D eigenvalue weighted by Gasteiger charge is -2.15. The highest BCUT2D eigenvalue weighted by molar-refractivity contribution is 5.98. The van der Waals surface area contributed by atoms with Crippen molar-refractivity contribution in [1.29, 1.82) is 0 Å². The summed E-state index contributed by atoms with van der Waals surface area (Å²) in [4.78, 5) is 35.5. The summed E-state index contributed by atoms with van der Waals surface area (Å²) in [5.74, 6) is -3.12. The minimum Gasteiger partial charge on any atom is -0.480 e. The van der Waals surface area contributed by atoms with Crippen molar-refractivity contribution >= 4 is 23.7 Å². The molecular weight excluding hydrogens is 427 g/mol. The van der Waals surface area contributed by atoms with E-state index in [1.165, 1.54) is 13.0 Å². The molecule has 2 amide bonds. The van der Waals surface area contributed by atoms with Gasteiger partial charge in [0.15, 0.2) is 0 Å². The van der Waals surface area contributed by atoms with Gasteiger partial charge in [0.1, 0.15) is 18.5 Å². The summed E-state index contributed by atoms with van der Waals surface area (Å²) in [5, 5.41) is 13.6. The Balaban J connectivity index is 1.44. The molecule has 7 nitrogen and oxygen atoms in total. The number of carboxylic acid groups (broad SMARTS) is 1. The second-order valence-corrected chi connectivity index (χ2v) is 7.68. The van der Waals surface area contributed by atoms with Gasteiger partial charge in [0.05, 0.1) is 5.56 Å². The molecule has 8 heteroatoms. The highest BCUT2D eigenvalue weighted by Gasteiger charge is 2.29. The van der Waals surface area contributed by atoms with Crippen molar-refractivity contribution in [1.82, 2.24) is 5.32 Å². The number of aliphatic carboxylic acids is 1. The number of ether oxygens (including phenoxy) is 1. The van der Waals surface area contributed by atoms with E-state index < -0.39 is 29.8 Å². The van der Waals surface area contributed by atoms with E-state index in [4.69, 9.17) is 9.84 Å². The third-order valence-corrected chi connectivity index (χ3v) is 5.52. The molecule has 0 aromatic heterocycles. The molecule has 1 atom stereocenters. The number of carbonyl (C=O) groups excluding carboxylic acids is 2. The molecule has 0 aliphatic heterocycles. The molecule has 33 heavy (non-hydrogen) atoms. The van der Waals surface area contributed by atoms with Gasteiger partial charge in [0, 0.05) is 11.6 Å². The van der Waals surface area contributed by atoms with Gasteiger partial charge in [-0.2, -0.15) is 0 Å².